The molecule has 1 aromatic heterocycles. The predicted molar refractivity (Wildman–Crippen MR) is 53.5 cm³/mol. The maximum absolute atomic E-state index is 11.4. The minimum atomic E-state index is -0.869. The molecule has 0 aliphatic rings. The van der Waals surface area contributed by atoms with Crippen LogP contribution < -0.4 is 5.69 Å². The first kappa shape index (κ1) is 11.5. The molecule has 0 aliphatic carbocycles. The van der Waals surface area contributed by atoms with E-state index in [4.69, 9.17) is 5.11 Å². The van der Waals surface area contributed by atoms with Crippen LogP contribution in [0, 0.1) is 5.41 Å². The summed E-state index contributed by atoms with van der Waals surface area (Å²) in [7, 11) is 1.61. The molecule has 6 heteroatoms. The van der Waals surface area contributed by atoms with E-state index in [1.165, 1.54) is 15.6 Å². The van der Waals surface area contributed by atoms with Gasteiger partial charge in [-0.1, -0.05) is 0 Å². The van der Waals surface area contributed by atoms with Gasteiger partial charge in [-0.05, 0) is 20.3 Å². The minimum absolute atomic E-state index is 0.226. The molecule has 0 amide bonds. The number of carboxylic acid groups (broad SMARTS) is 1. The van der Waals surface area contributed by atoms with Gasteiger partial charge in [-0.25, -0.2) is 9.48 Å². The molecule has 0 atom stereocenters. The molecule has 15 heavy (non-hydrogen) atoms. The summed E-state index contributed by atoms with van der Waals surface area (Å²) in [5.74, 6) is -0.869. The molecule has 1 aromatic rings. The van der Waals surface area contributed by atoms with Crippen LogP contribution >= 0.6 is 0 Å². The van der Waals surface area contributed by atoms with Gasteiger partial charge < -0.3 is 5.11 Å². The second kappa shape index (κ2) is 3.88. The number of nitrogens with zero attached hydrogens (tertiary/aromatic N) is 3. The third kappa shape index (κ3) is 2.45. The first-order chi connectivity index (χ1) is 6.84. The van der Waals surface area contributed by atoms with Gasteiger partial charge in [-0.3, -0.25) is 9.36 Å². The standard InChI is InChI=1S/C9H15N3O3/c1-9(2,7(13)14)4-5-12-8(15)11(3)6-10-12/h6H,4-5H2,1-3H3,(H,13,14). The monoisotopic (exact) mass is 213 g/mol. The zero-order valence-corrected chi connectivity index (χ0v) is 9.10. The second-order valence-electron chi connectivity index (χ2n) is 4.19. The fourth-order valence-corrected chi connectivity index (χ4v) is 1.07. The van der Waals surface area contributed by atoms with E-state index in [0.717, 1.165) is 0 Å². The van der Waals surface area contributed by atoms with Gasteiger partial charge in [-0.2, -0.15) is 5.10 Å². The zero-order valence-electron chi connectivity index (χ0n) is 9.10. The Morgan fingerprint density at radius 2 is 2.20 bits per heavy atom. The molecule has 0 saturated carbocycles. The molecule has 0 spiro atoms. The van der Waals surface area contributed by atoms with Crippen LogP contribution in [0.5, 0.6) is 0 Å². The molecule has 1 N–H and O–H groups in total. The lowest BCUT2D eigenvalue weighted by Gasteiger charge is -2.17. The summed E-state index contributed by atoms with van der Waals surface area (Å²) >= 11 is 0. The third-order valence-corrected chi connectivity index (χ3v) is 2.41. The molecule has 0 fully saturated rings. The van der Waals surface area contributed by atoms with Gasteiger partial charge in [0.2, 0.25) is 0 Å². The Balaban J connectivity index is 2.70. The van der Waals surface area contributed by atoms with E-state index in [2.05, 4.69) is 5.10 Å². The number of carboxylic acids is 1. The number of aryl methyl sites for hydroxylation is 2. The van der Waals surface area contributed by atoms with E-state index in [0.29, 0.717) is 13.0 Å². The number of hydrogen-bond acceptors (Lipinski definition) is 3. The Kier molecular flexibility index (Phi) is 2.97. The van der Waals surface area contributed by atoms with Crippen LogP contribution in [0.3, 0.4) is 0 Å². The zero-order chi connectivity index (χ0) is 11.6. The van der Waals surface area contributed by atoms with E-state index in [1.807, 2.05) is 0 Å². The van der Waals surface area contributed by atoms with E-state index >= 15 is 0 Å². The Bertz CT molecular complexity index is 416. The molecule has 1 rings (SSSR count). The van der Waals surface area contributed by atoms with Gasteiger partial charge in [0, 0.05) is 13.6 Å². The maximum atomic E-state index is 11.4. The molecule has 0 unspecified atom stereocenters. The van der Waals surface area contributed by atoms with Crippen molar-refractivity contribution in [1.29, 1.82) is 0 Å². The van der Waals surface area contributed by atoms with Crippen molar-refractivity contribution in [3.63, 3.8) is 0 Å². The van der Waals surface area contributed by atoms with E-state index < -0.39 is 11.4 Å². The van der Waals surface area contributed by atoms with Crippen LogP contribution in [0.4, 0.5) is 0 Å². The fourth-order valence-electron chi connectivity index (χ4n) is 1.07. The fraction of sp³-hybridized carbons (Fsp3) is 0.667. The van der Waals surface area contributed by atoms with Gasteiger partial charge in [0.05, 0.1) is 5.41 Å². The normalized spacial score (nSPS) is 11.7. The summed E-state index contributed by atoms with van der Waals surface area (Å²) in [4.78, 5) is 22.2. The highest BCUT2D eigenvalue weighted by Crippen LogP contribution is 2.20. The highest BCUT2D eigenvalue weighted by molar-refractivity contribution is 5.73. The lowest BCUT2D eigenvalue weighted by Crippen LogP contribution is -2.29. The summed E-state index contributed by atoms with van der Waals surface area (Å²) in [5, 5.41) is 12.7. The minimum Gasteiger partial charge on any atom is -0.481 e. The van der Waals surface area contributed by atoms with Crippen LogP contribution in [0.15, 0.2) is 11.1 Å². The van der Waals surface area contributed by atoms with Crippen molar-refractivity contribution in [3.05, 3.63) is 16.8 Å². The number of carbonyl (C=O) groups is 1. The molecule has 0 radical (unpaired) electrons. The van der Waals surface area contributed by atoms with Gasteiger partial charge in [-0.15, -0.1) is 0 Å². The summed E-state index contributed by atoms with van der Waals surface area (Å²) in [5.41, 5.74) is -1.06. The summed E-state index contributed by atoms with van der Waals surface area (Å²) < 4.78 is 2.62. The molecule has 84 valence electrons. The van der Waals surface area contributed by atoms with Crippen LogP contribution in [0.2, 0.25) is 0 Å². The number of rotatable bonds is 4. The molecular formula is C9H15N3O3. The van der Waals surface area contributed by atoms with Gasteiger partial charge in [0.15, 0.2) is 0 Å². The number of aromatic nitrogens is 3. The topological polar surface area (TPSA) is 77.1 Å². The van der Waals surface area contributed by atoms with Crippen molar-refractivity contribution >= 4 is 5.97 Å². The average Bonchev–Trinajstić information content (AvgIpc) is 2.45. The van der Waals surface area contributed by atoms with Crippen molar-refractivity contribution in [2.45, 2.75) is 26.8 Å². The van der Waals surface area contributed by atoms with Crippen LogP contribution in [0.25, 0.3) is 0 Å². The van der Waals surface area contributed by atoms with Crippen molar-refractivity contribution in [2.75, 3.05) is 0 Å². The van der Waals surface area contributed by atoms with Crippen molar-refractivity contribution < 1.29 is 9.90 Å². The molecular weight excluding hydrogens is 198 g/mol. The van der Waals surface area contributed by atoms with Gasteiger partial charge >= 0.3 is 11.7 Å². The van der Waals surface area contributed by atoms with E-state index in [1.54, 1.807) is 20.9 Å². The summed E-state index contributed by atoms with van der Waals surface area (Å²) in [6, 6.07) is 0. The smallest absolute Gasteiger partial charge is 0.345 e. The largest absolute Gasteiger partial charge is 0.481 e. The molecule has 0 saturated heterocycles. The van der Waals surface area contributed by atoms with Crippen LogP contribution in [-0.4, -0.2) is 25.4 Å². The highest BCUT2D eigenvalue weighted by atomic mass is 16.4. The Labute approximate surface area is 87.1 Å². The van der Waals surface area contributed by atoms with Crippen LogP contribution in [0.1, 0.15) is 20.3 Å². The maximum Gasteiger partial charge on any atom is 0.345 e. The van der Waals surface area contributed by atoms with Crippen molar-refractivity contribution in [3.8, 4) is 0 Å². The summed E-state index contributed by atoms with van der Waals surface area (Å²) in [6.07, 6.45) is 1.79. The van der Waals surface area contributed by atoms with E-state index in [9.17, 15) is 9.59 Å². The number of hydrogen-bond donors (Lipinski definition) is 1. The van der Waals surface area contributed by atoms with Crippen molar-refractivity contribution in [2.24, 2.45) is 12.5 Å². The highest BCUT2D eigenvalue weighted by Gasteiger charge is 2.27. The Morgan fingerprint density at radius 1 is 1.60 bits per heavy atom. The number of aliphatic carboxylic acids is 1. The molecule has 6 nitrogen and oxygen atoms in total. The quantitative estimate of drug-likeness (QED) is 0.768. The lowest BCUT2D eigenvalue weighted by molar-refractivity contribution is -0.147. The summed E-state index contributed by atoms with van der Waals surface area (Å²) in [6.45, 7) is 3.57. The SMILES string of the molecule is Cn1cnn(CCC(C)(C)C(=O)O)c1=O. The predicted octanol–water partition coefficient (Wildman–Crippen LogP) is 0.0827. The lowest BCUT2D eigenvalue weighted by atomic mass is 9.90. The molecule has 0 aliphatic heterocycles. The molecule has 1 heterocycles. The average molecular weight is 213 g/mol. The molecule has 0 aromatic carbocycles. The van der Waals surface area contributed by atoms with Gasteiger partial charge in [0.1, 0.15) is 6.33 Å². The Morgan fingerprint density at radius 3 is 2.60 bits per heavy atom. The Hall–Kier alpha value is -1.59. The van der Waals surface area contributed by atoms with Crippen molar-refractivity contribution in [1.82, 2.24) is 14.3 Å². The van der Waals surface area contributed by atoms with E-state index in [-0.39, 0.29) is 5.69 Å². The molecule has 0 bridgehead atoms. The second-order valence-corrected chi connectivity index (χ2v) is 4.19. The van der Waals surface area contributed by atoms with Crippen LogP contribution in [-0.2, 0) is 18.4 Å². The first-order valence-electron chi connectivity index (χ1n) is 4.66. The first-order valence-corrected chi connectivity index (χ1v) is 4.66. The van der Waals surface area contributed by atoms with Gasteiger partial charge in [0.25, 0.3) is 0 Å². The third-order valence-electron chi connectivity index (χ3n) is 2.41.